The van der Waals surface area contributed by atoms with Crippen molar-refractivity contribution in [1.29, 1.82) is 0 Å². The summed E-state index contributed by atoms with van der Waals surface area (Å²) in [5.41, 5.74) is 3.48. The summed E-state index contributed by atoms with van der Waals surface area (Å²) < 4.78 is 32.6. The van der Waals surface area contributed by atoms with Gasteiger partial charge in [-0.25, -0.2) is 0 Å². The quantitative estimate of drug-likeness (QED) is 0.249. The van der Waals surface area contributed by atoms with E-state index in [-0.39, 0.29) is 25.5 Å². The van der Waals surface area contributed by atoms with Gasteiger partial charge in [0.15, 0.2) is 0 Å². The number of thioether (sulfide) groups is 1. The SMILES string of the molecule is CCc1ccc(S(=O)(=O)O[N+]2(C)CC(Sc3ccccc3)C(Br)C(c3cccc(C)c3)C2)cc1. The smallest absolute Gasteiger partial charge is 0.189 e. The second-order valence-electron chi connectivity index (χ2n) is 9.12. The molecule has 1 heterocycles. The molecule has 1 aliphatic rings. The topological polar surface area (TPSA) is 43.4 Å². The molecule has 0 radical (unpaired) electrons. The first-order valence-electron chi connectivity index (χ1n) is 11.5. The fourth-order valence-corrected chi connectivity index (χ4v) is 8.02. The largest absolute Gasteiger partial charge is 0.342 e. The number of hydrogen-bond acceptors (Lipinski definition) is 4. The maximum absolute atomic E-state index is 13.3. The van der Waals surface area contributed by atoms with Crippen molar-refractivity contribution in [1.82, 2.24) is 0 Å². The number of likely N-dealkylation sites (tertiary alicyclic amines) is 1. The Hall–Kier alpha value is -1.64. The number of hydroxylamine groups is 3. The van der Waals surface area contributed by atoms with Gasteiger partial charge in [-0.05, 0) is 48.7 Å². The predicted octanol–water partition coefficient (Wildman–Crippen LogP) is 6.35. The van der Waals surface area contributed by atoms with Crippen molar-refractivity contribution in [2.45, 2.75) is 46.1 Å². The Balaban J connectivity index is 1.66. The summed E-state index contributed by atoms with van der Waals surface area (Å²) in [6.07, 6.45) is 0.859. The number of rotatable bonds is 7. The van der Waals surface area contributed by atoms with Crippen LogP contribution in [-0.4, -0.2) is 43.3 Å². The van der Waals surface area contributed by atoms with Gasteiger partial charge in [-0.15, -0.1) is 11.8 Å². The van der Waals surface area contributed by atoms with Crippen molar-refractivity contribution in [3.63, 3.8) is 0 Å². The van der Waals surface area contributed by atoms with E-state index < -0.39 is 10.1 Å². The van der Waals surface area contributed by atoms with Crippen LogP contribution in [0, 0.1) is 6.92 Å². The van der Waals surface area contributed by atoms with Gasteiger partial charge in [-0.1, -0.05) is 87.3 Å². The highest BCUT2D eigenvalue weighted by Crippen LogP contribution is 2.43. The highest BCUT2D eigenvalue weighted by molar-refractivity contribution is 9.09. The second-order valence-corrected chi connectivity index (χ2v) is 13.0. The van der Waals surface area contributed by atoms with Crippen molar-refractivity contribution >= 4 is 37.8 Å². The summed E-state index contributed by atoms with van der Waals surface area (Å²) in [6, 6.07) is 25.7. The maximum Gasteiger partial charge on any atom is 0.342 e. The van der Waals surface area contributed by atoms with Gasteiger partial charge in [-0.2, -0.15) is 13.1 Å². The van der Waals surface area contributed by atoms with Crippen molar-refractivity contribution in [3.8, 4) is 0 Å². The van der Waals surface area contributed by atoms with Crippen LogP contribution in [0.2, 0.25) is 0 Å². The van der Waals surface area contributed by atoms with Crippen LogP contribution in [0.1, 0.15) is 29.5 Å². The molecule has 0 aromatic heterocycles. The molecule has 7 heteroatoms. The van der Waals surface area contributed by atoms with Crippen molar-refractivity contribution < 1.29 is 17.3 Å². The van der Waals surface area contributed by atoms with Crippen LogP contribution in [0.3, 0.4) is 0 Å². The fraction of sp³-hybridized carbons (Fsp3) is 0.333. The molecule has 0 N–H and O–H groups in total. The number of hydrogen-bond donors (Lipinski definition) is 0. The third kappa shape index (κ3) is 5.94. The van der Waals surface area contributed by atoms with E-state index in [1.165, 1.54) is 11.1 Å². The Morgan fingerprint density at radius 3 is 2.35 bits per heavy atom. The molecule has 34 heavy (non-hydrogen) atoms. The Morgan fingerprint density at radius 2 is 1.71 bits per heavy atom. The first-order valence-corrected chi connectivity index (χ1v) is 14.7. The molecule has 0 bridgehead atoms. The Bertz CT molecular complexity index is 1220. The maximum atomic E-state index is 13.3. The van der Waals surface area contributed by atoms with Gasteiger partial charge in [0.05, 0.1) is 10.1 Å². The number of likely N-dealkylation sites (N-methyl/N-ethyl adjacent to an activating group) is 1. The van der Waals surface area contributed by atoms with E-state index in [4.69, 9.17) is 4.28 Å². The summed E-state index contributed by atoms with van der Waals surface area (Å²) >= 11 is 5.76. The van der Waals surface area contributed by atoms with Gasteiger partial charge >= 0.3 is 10.1 Å². The van der Waals surface area contributed by atoms with Crippen LogP contribution in [0.4, 0.5) is 0 Å². The van der Waals surface area contributed by atoms with E-state index >= 15 is 0 Å². The standard InChI is InChI=1S/C27H31BrNO3S2/c1-4-21-13-15-24(16-14-21)34(30,31)32-29(3)18-25(22-10-8-9-20(2)17-22)27(28)26(19-29)33-23-11-6-5-7-12-23/h5-17,25-27H,4,18-19H2,1-3H3/q+1. The van der Waals surface area contributed by atoms with Crippen molar-refractivity contribution in [2.75, 3.05) is 20.1 Å². The highest BCUT2D eigenvalue weighted by Gasteiger charge is 2.48. The van der Waals surface area contributed by atoms with E-state index in [9.17, 15) is 8.42 Å². The summed E-state index contributed by atoms with van der Waals surface area (Å²) in [5, 5.41) is 0.115. The molecule has 0 aliphatic carbocycles. The summed E-state index contributed by atoms with van der Waals surface area (Å²) in [4.78, 5) is 1.52. The highest BCUT2D eigenvalue weighted by atomic mass is 79.9. The van der Waals surface area contributed by atoms with Crippen LogP contribution >= 0.6 is 27.7 Å². The number of piperidine rings is 1. The number of benzene rings is 3. The normalized spacial score (nSPS) is 25.2. The molecule has 4 nitrogen and oxygen atoms in total. The Kier molecular flexibility index (Phi) is 7.89. The van der Waals surface area contributed by atoms with Gasteiger partial charge in [0.1, 0.15) is 20.1 Å². The fourth-order valence-electron chi connectivity index (χ4n) is 4.53. The molecule has 4 atom stereocenters. The zero-order valence-electron chi connectivity index (χ0n) is 19.7. The number of aryl methyl sites for hydroxylation is 2. The lowest BCUT2D eigenvalue weighted by molar-refractivity contribution is -1.07. The van der Waals surface area contributed by atoms with E-state index in [2.05, 4.69) is 59.3 Å². The van der Waals surface area contributed by atoms with Crippen LogP contribution in [-0.2, 0) is 20.8 Å². The second kappa shape index (κ2) is 10.5. The van der Waals surface area contributed by atoms with Crippen LogP contribution < -0.4 is 0 Å². The Morgan fingerprint density at radius 1 is 1.00 bits per heavy atom. The van der Waals surface area contributed by atoms with Gasteiger partial charge in [0.25, 0.3) is 0 Å². The number of halogens is 1. The number of nitrogens with zero attached hydrogens (tertiary/aromatic N) is 1. The molecular weight excluding hydrogens is 530 g/mol. The minimum atomic E-state index is -3.92. The third-order valence-electron chi connectivity index (χ3n) is 6.29. The number of alkyl halides is 1. The van der Waals surface area contributed by atoms with Gasteiger partial charge in [0, 0.05) is 15.6 Å². The van der Waals surface area contributed by atoms with E-state index in [0.717, 1.165) is 16.9 Å². The minimum Gasteiger partial charge on any atom is -0.189 e. The third-order valence-corrected chi connectivity index (χ3v) is 10.6. The molecule has 0 amide bonds. The summed E-state index contributed by atoms with van der Waals surface area (Å²) in [5.74, 6) is 0.0949. The van der Waals surface area contributed by atoms with E-state index in [1.54, 1.807) is 23.9 Å². The molecule has 4 rings (SSSR count). The monoisotopic (exact) mass is 560 g/mol. The molecule has 4 unspecified atom stereocenters. The predicted molar refractivity (Wildman–Crippen MR) is 143 cm³/mol. The first kappa shape index (κ1) is 25.5. The average molecular weight is 562 g/mol. The molecule has 1 aliphatic heterocycles. The van der Waals surface area contributed by atoms with E-state index in [0.29, 0.717) is 13.1 Å². The molecule has 3 aromatic rings. The average Bonchev–Trinajstić information content (AvgIpc) is 2.81. The molecule has 3 aromatic carbocycles. The lowest BCUT2D eigenvalue weighted by Gasteiger charge is -2.43. The minimum absolute atomic E-state index is 0.0108. The van der Waals surface area contributed by atoms with E-state index in [1.807, 2.05) is 44.3 Å². The van der Waals surface area contributed by atoms with Crippen LogP contribution in [0.15, 0.2) is 88.7 Å². The zero-order valence-corrected chi connectivity index (χ0v) is 22.9. The van der Waals surface area contributed by atoms with Crippen molar-refractivity contribution in [3.05, 3.63) is 95.6 Å². The molecule has 1 saturated heterocycles. The first-order chi connectivity index (χ1) is 16.2. The molecule has 180 valence electrons. The molecule has 0 spiro atoms. The van der Waals surface area contributed by atoms with Crippen molar-refractivity contribution in [2.24, 2.45) is 0 Å². The molecular formula is C27H31BrNO3S2+. The van der Waals surface area contributed by atoms with Crippen LogP contribution in [0.25, 0.3) is 0 Å². The lowest BCUT2D eigenvalue weighted by Crippen LogP contribution is -2.59. The molecule has 1 fully saturated rings. The van der Waals surface area contributed by atoms with Gasteiger partial charge in [-0.3, -0.25) is 0 Å². The zero-order chi connectivity index (χ0) is 24.3. The number of quaternary nitrogens is 1. The Labute approximate surface area is 216 Å². The summed E-state index contributed by atoms with van der Waals surface area (Å²) in [7, 11) is -2.04. The lowest BCUT2D eigenvalue weighted by atomic mass is 9.89. The van der Waals surface area contributed by atoms with Gasteiger partial charge in [0.2, 0.25) is 0 Å². The van der Waals surface area contributed by atoms with Gasteiger partial charge < -0.3 is 0 Å². The molecule has 0 saturated carbocycles. The van der Waals surface area contributed by atoms with Crippen LogP contribution in [0.5, 0.6) is 0 Å². The summed E-state index contributed by atoms with van der Waals surface area (Å²) in [6.45, 7) is 5.24.